The van der Waals surface area contributed by atoms with Gasteiger partial charge in [0.05, 0.1) is 26.4 Å². The topological polar surface area (TPSA) is 124 Å². The standard InChI is InChI=1S/C6H10O10S3/c7-17-11-1-5(15-17)3-13-19(9,10)14-4-6-2-12-18(8)16-6/h5-6H,1-4H2. The Morgan fingerprint density at radius 2 is 1.37 bits per heavy atom. The molecule has 19 heavy (non-hydrogen) atoms. The smallest absolute Gasteiger partial charge is 0.266 e. The summed E-state index contributed by atoms with van der Waals surface area (Å²) in [4.78, 5) is 0. The quantitative estimate of drug-likeness (QED) is 0.551. The summed E-state index contributed by atoms with van der Waals surface area (Å²) < 4.78 is 71.4. The summed E-state index contributed by atoms with van der Waals surface area (Å²) >= 11 is -3.75. The van der Waals surface area contributed by atoms with Crippen LogP contribution in [0.1, 0.15) is 0 Å². The van der Waals surface area contributed by atoms with Gasteiger partial charge in [0.2, 0.25) is 0 Å². The second kappa shape index (κ2) is 6.64. The molecular weight excluding hydrogens is 328 g/mol. The first-order valence-corrected chi connectivity index (χ1v) is 8.26. The van der Waals surface area contributed by atoms with Crippen molar-refractivity contribution in [2.75, 3.05) is 26.4 Å². The average molecular weight is 338 g/mol. The van der Waals surface area contributed by atoms with E-state index in [1.807, 2.05) is 0 Å². The normalized spacial score (nSPS) is 35.8. The fourth-order valence-corrected chi connectivity index (χ4v) is 3.11. The molecule has 112 valence electrons. The molecule has 0 spiro atoms. The third kappa shape index (κ3) is 5.13. The second-order valence-electron chi connectivity index (χ2n) is 3.39. The van der Waals surface area contributed by atoms with Gasteiger partial charge in [0.15, 0.2) is 0 Å². The summed E-state index contributed by atoms with van der Waals surface area (Å²) in [6.07, 6.45) is -1.50. The van der Waals surface area contributed by atoms with Gasteiger partial charge >= 0.3 is 33.1 Å². The average Bonchev–Trinajstić information content (AvgIpc) is 2.93. The highest BCUT2D eigenvalue weighted by atomic mass is 32.3. The Bertz CT molecular complexity index is 424. The van der Waals surface area contributed by atoms with Gasteiger partial charge in [-0.15, -0.1) is 0 Å². The molecule has 2 heterocycles. The molecule has 4 unspecified atom stereocenters. The summed E-state index contributed by atoms with van der Waals surface area (Å²) in [5.74, 6) is 0. The minimum atomic E-state index is -4.26. The molecule has 0 aliphatic carbocycles. The van der Waals surface area contributed by atoms with Crippen LogP contribution in [0.5, 0.6) is 0 Å². The highest BCUT2D eigenvalue weighted by Crippen LogP contribution is 2.13. The van der Waals surface area contributed by atoms with E-state index in [0.29, 0.717) is 0 Å². The fraction of sp³-hybridized carbons (Fsp3) is 1.00. The van der Waals surface area contributed by atoms with Crippen LogP contribution in [0.4, 0.5) is 0 Å². The summed E-state index contributed by atoms with van der Waals surface area (Å²) in [5.41, 5.74) is 0. The van der Waals surface area contributed by atoms with Crippen LogP contribution in [0.15, 0.2) is 0 Å². The van der Waals surface area contributed by atoms with Gasteiger partial charge in [-0.25, -0.2) is 8.37 Å². The van der Waals surface area contributed by atoms with Crippen molar-refractivity contribution in [2.24, 2.45) is 0 Å². The lowest BCUT2D eigenvalue weighted by atomic mass is 10.4. The van der Waals surface area contributed by atoms with Crippen LogP contribution in [0.25, 0.3) is 0 Å². The zero-order valence-electron chi connectivity index (χ0n) is 9.29. The number of hydrogen-bond donors (Lipinski definition) is 0. The Kier molecular flexibility index (Phi) is 5.38. The van der Waals surface area contributed by atoms with E-state index in [4.69, 9.17) is 0 Å². The molecule has 0 N–H and O–H groups in total. The molecule has 0 amide bonds. The van der Waals surface area contributed by atoms with Crippen molar-refractivity contribution >= 4 is 33.1 Å². The van der Waals surface area contributed by atoms with Gasteiger partial charge in [-0.1, -0.05) is 0 Å². The third-order valence-corrected chi connectivity index (χ3v) is 4.29. The van der Waals surface area contributed by atoms with Crippen molar-refractivity contribution in [2.45, 2.75) is 12.2 Å². The summed E-state index contributed by atoms with van der Waals surface area (Å²) in [6.45, 7) is -0.856. The lowest BCUT2D eigenvalue weighted by Crippen LogP contribution is -2.25. The lowest BCUT2D eigenvalue weighted by Gasteiger charge is -2.09. The van der Waals surface area contributed by atoms with E-state index in [1.54, 1.807) is 0 Å². The molecule has 2 aliphatic heterocycles. The molecule has 2 saturated heterocycles. The Morgan fingerprint density at radius 1 is 0.947 bits per heavy atom. The van der Waals surface area contributed by atoms with Crippen molar-refractivity contribution in [1.29, 1.82) is 0 Å². The van der Waals surface area contributed by atoms with Crippen molar-refractivity contribution in [1.82, 2.24) is 0 Å². The maximum absolute atomic E-state index is 11.3. The molecule has 0 saturated carbocycles. The SMILES string of the molecule is O=S1OCC(COS(=O)(=O)OCC2COS(=O)O2)O1. The van der Waals surface area contributed by atoms with E-state index in [1.165, 1.54) is 0 Å². The van der Waals surface area contributed by atoms with Crippen molar-refractivity contribution in [3.63, 3.8) is 0 Å². The third-order valence-electron chi connectivity index (χ3n) is 1.93. The van der Waals surface area contributed by atoms with E-state index < -0.39 is 45.3 Å². The summed E-state index contributed by atoms with van der Waals surface area (Å²) in [5, 5.41) is 0. The van der Waals surface area contributed by atoms with Crippen LogP contribution < -0.4 is 0 Å². The molecule has 4 atom stereocenters. The molecule has 2 fully saturated rings. The van der Waals surface area contributed by atoms with Gasteiger partial charge in [-0.05, 0) is 0 Å². The van der Waals surface area contributed by atoms with Crippen LogP contribution in [0, 0.1) is 0 Å². The van der Waals surface area contributed by atoms with Crippen LogP contribution in [0.3, 0.4) is 0 Å². The minimum absolute atomic E-state index is 0.0410. The molecular formula is C6H10O10S3. The van der Waals surface area contributed by atoms with E-state index in [-0.39, 0.29) is 26.4 Å². The molecule has 10 nitrogen and oxygen atoms in total. The first-order valence-electron chi connectivity index (χ1n) is 4.93. The highest BCUT2D eigenvalue weighted by molar-refractivity contribution is 7.81. The molecule has 0 aromatic rings. The van der Waals surface area contributed by atoms with Gasteiger partial charge in [-0.3, -0.25) is 16.7 Å². The van der Waals surface area contributed by atoms with Crippen molar-refractivity contribution < 1.29 is 41.9 Å². The Balaban J connectivity index is 1.69. The van der Waals surface area contributed by atoms with Crippen molar-refractivity contribution in [3.05, 3.63) is 0 Å². The second-order valence-corrected chi connectivity index (χ2v) is 6.35. The predicted octanol–water partition coefficient (Wildman–Crippen LogP) is -1.75. The molecule has 2 aliphatic rings. The Morgan fingerprint density at radius 3 is 1.68 bits per heavy atom. The zero-order chi connectivity index (χ0) is 13.9. The fourth-order valence-electron chi connectivity index (χ4n) is 1.10. The molecule has 0 aromatic heterocycles. The Labute approximate surface area is 114 Å². The largest absolute Gasteiger partial charge is 0.400 e. The monoisotopic (exact) mass is 338 g/mol. The van der Waals surface area contributed by atoms with Crippen LogP contribution >= 0.6 is 0 Å². The van der Waals surface area contributed by atoms with Crippen LogP contribution in [-0.2, 0) is 58.2 Å². The lowest BCUT2D eigenvalue weighted by molar-refractivity contribution is 0.108. The van der Waals surface area contributed by atoms with E-state index in [2.05, 4.69) is 25.1 Å². The van der Waals surface area contributed by atoms with Gasteiger partial charge < -0.3 is 0 Å². The molecule has 2 rings (SSSR count). The van der Waals surface area contributed by atoms with Gasteiger partial charge in [0.25, 0.3) is 0 Å². The first-order chi connectivity index (χ1) is 8.94. The highest BCUT2D eigenvalue weighted by Gasteiger charge is 2.29. The minimum Gasteiger partial charge on any atom is -0.266 e. The van der Waals surface area contributed by atoms with Gasteiger partial charge in [0, 0.05) is 0 Å². The van der Waals surface area contributed by atoms with Crippen LogP contribution in [-0.4, -0.2) is 55.5 Å². The Hall–Kier alpha value is 0.01000. The molecule has 13 heteroatoms. The molecule has 0 radical (unpaired) electrons. The van der Waals surface area contributed by atoms with Gasteiger partial charge in [-0.2, -0.15) is 16.8 Å². The maximum atomic E-state index is 11.3. The van der Waals surface area contributed by atoms with Crippen LogP contribution in [0.2, 0.25) is 0 Å². The summed E-state index contributed by atoms with van der Waals surface area (Å²) in [6, 6.07) is 0. The number of hydrogen-bond acceptors (Lipinski definition) is 10. The zero-order valence-corrected chi connectivity index (χ0v) is 11.7. The number of rotatable bonds is 6. The first kappa shape index (κ1) is 15.4. The van der Waals surface area contributed by atoms with E-state index in [9.17, 15) is 16.8 Å². The van der Waals surface area contributed by atoms with E-state index in [0.717, 1.165) is 0 Å². The van der Waals surface area contributed by atoms with E-state index >= 15 is 0 Å². The molecule has 0 aromatic carbocycles. The summed E-state index contributed by atoms with van der Waals surface area (Å²) in [7, 11) is -4.26. The molecule has 0 bridgehead atoms. The van der Waals surface area contributed by atoms with Crippen molar-refractivity contribution in [3.8, 4) is 0 Å². The van der Waals surface area contributed by atoms with Gasteiger partial charge in [0.1, 0.15) is 12.2 Å². The predicted molar refractivity (Wildman–Crippen MR) is 58.8 cm³/mol. The maximum Gasteiger partial charge on any atom is 0.400 e.